The number of anilines is 3. The lowest BCUT2D eigenvalue weighted by atomic mass is 9.98. The van der Waals surface area contributed by atoms with E-state index in [0.29, 0.717) is 22.1 Å². The van der Waals surface area contributed by atoms with Crippen molar-refractivity contribution in [3.05, 3.63) is 212 Å². The van der Waals surface area contributed by atoms with Crippen LogP contribution in [-0.2, 0) is 0 Å². The van der Waals surface area contributed by atoms with Crippen LogP contribution in [0.4, 0.5) is 17.1 Å². The predicted octanol–water partition coefficient (Wildman–Crippen LogP) is 14.9. The van der Waals surface area contributed by atoms with Crippen molar-refractivity contribution in [2.24, 2.45) is 0 Å². The van der Waals surface area contributed by atoms with Gasteiger partial charge in [-0.15, -0.1) is 0 Å². The summed E-state index contributed by atoms with van der Waals surface area (Å²) >= 11 is 0. The number of rotatable bonds is 7. The SMILES string of the molecule is [2H]c1c([2H])c([2H])c(N(c2c([2H])c([2H])c(-c3ccccc3)c([2H])c2[2H])c2c([2H])c([2H])c(-c3ccc(-c4ccccc4)cc3)c([2H])c2[2H])c(-c2cccc3c2oc2c4ccccc4ccc32)c1[2H]. The van der Waals surface area contributed by atoms with Crippen LogP contribution in [0.5, 0.6) is 0 Å². The fourth-order valence-electron chi connectivity index (χ4n) is 6.92. The highest BCUT2D eigenvalue weighted by Gasteiger charge is 2.21. The van der Waals surface area contributed by atoms with Crippen molar-refractivity contribution in [1.82, 2.24) is 0 Å². The topological polar surface area (TPSA) is 16.4 Å². The minimum atomic E-state index is -0.729. The summed E-state index contributed by atoms with van der Waals surface area (Å²) in [4.78, 5) is 0.947. The molecule has 10 rings (SSSR count). The Bertz CT molecular complexity index is 3550. The third-order valence-electron chi connectivity index (χ3n) is 9.56. The summed E-state index contributed by atoms with van der Waals surface area (Å²) in [5.74, 6) is 0. The molecule has 54 heavy (non-hydrogen) atoms. The second-order valence-electron chi connectivity index (χ2n) is 12.8. The number of benzene rings is 9. The molecule has 9 aromatic carbocycles. The Kier molecular flexibility index (Phi) is 5.32. The molecule has 10 aromatic rings. The molecule has 2 nitrogen and oxygen atoms in total. The number of fused-ring (bicyclic) bond motifs is 5. The lowest BCUT2D eigenvalue weighted by Gasteiger charge is -2.28. The van der Waals surface area contributed by atoms with E-state index in [1.165, 1.54) is 0 Å². The monoisotopic (exact) mass is 701 g/mol. The Morgan fingerprint density at radius 2 is 0.870 bits per heavy atom. The van der Waals surface area contributed by atoms with Gasteiger partial charge >= 0.3 is 0 Å². The first-order chi connectivity index (χ1) is 31.8. The third-order valence-corrected chi connectivity index (χ3v) is 9.56. The molecule has 0 radical (unpaired) electrons. The van der Waals surface area contributed by atoms with Crippen molar-refractivity contribution >= 4 is 49.8 Å². The van der Waals surface area contributed by atoms with E-state index < -0.39 is 89.6 Å². The molecule has 0 bridgehead atoms. The highest BCUT2D eigenvalue weighted by Crippen LogP contribution is 2.45. The molecule has 1 aromatic heterocycles. The molecule has 1 heterocycles. The Balaban J connectivity index is 1.31. The molecule has 254 valence electrons. The van der Waals surface area contributed by atoms with Crippen LogP contribution in [0.15, 0.2) is 216 Å². The predicted molar refractivity (Wildman–Crippen MR) is 228 cm³/mol. The minimum absolute atomic E-state index is 0.0439. The summed E-state index contributed by atoms with van der Waals surface area (Å²) in [6, 6.07) is 34.4. The first-order valence-electron chi connectivity index (χ1n) is 23.5. The molecule has 0 amide bonds. The summed E-state index contributed by atoms with van der Waals surface area (Å²) in [7, 11) is 0. The molecule has 0 spiro atoms. The quantitative estimate of drug-likeness (QED) is 0.164. The standard InChI is InChI=1S/C52H35NO/c1-3-12-36(13-4-1)38-22-24-39(25-23-38)41-28-33-44(34-29-41)53(43-31-26-40(27-32-43)37-14-5-2-6-15-37)50-21-10-9-18-46(50)47-19-11-20-48-49-35-30-42-16-7-8-17-45(42)51(49)54-52(47)48/h1-35H/i9D,10D,18D,21D,26D,27D,28D,29D,31D,32D,33D,34D. The van der Waals surface area contributed by atoms with Gasteiger partial charge in [0.25, 0.3) is 0 Å². The Morgan fingerprint density at radius 3 is 1.54 bits per heavy atom. The highest BCUT2D eigenvalue weighted by atomic mass is 16.3. The zero-order valence-corrected chi connectivity index (χ0v) is 28.6. The van der Waals surface area contributed by atoms with Crippen LogP contribution in [0.2, 0.25) is 0 Å². The van der Waals surface area contributed by atoms with Gasteiger partial charge < -0.3 is 9.32 Å². The van der Waals surface area contributed by atoms with Crippen molar-refractivity contribution in [3.63, 3.8) is 0 Å². The van der Waals surface area contributed by atoms with E-state index in [2.05, 4.69) is 0 Å². The van der Waals surface area contributed by atoms with Gasteiger partial charge in [-0.25, -0.2) is 0 Å². The molecule has 0 aliphatic carbocycles. The summed E-state index contributed by atoms with van der Waals surface area (Å²) in [6.07, 6.45) is 0. The van der Waals surface area contributed by atoms with Crippen molar-refractivity contribution in [2.75, 3.05) is 4.90 Å². The molecule has 2 heteroatoms. The fraction of sp³-hybridized carbons (Fsp3) is 0. The molecule has 0 fully saturated rings. The van der Waals surface area contributed by atoms with E-state index in [1.807, 2.05) is 84.9 Å². The maximum atomic E-state index is 9.67. The van der Waals surface area contributed by atoms with E-state index in [9.17, 15) is 13.7 Å². The molecule has 0 unspecified atom stereocenters. The smallest absolute Gasteiger partial charge is 0.143 e. The van der Waals surface area contributed by atoms with Gasteiger partial charge in [0.15, 0.2) is 0 Å². The molecule has 0 N–H and O–H groups in total. The maximum absolute atomic E-state index is 9.67. The van der Waals surface area contributed by atoms with Gasteiger partial charge in [0.2, 0.25) is 0 Å². The summed E-state index contributed by atoms with van der Waals surface area (Å²) in [6.45, 7) is 0. The van der Waals surface area contributed by atoms with Crippen molar-refractivity contribution in [1.29, 1.82) is 0 Å². The normalized spacial score (nSPS) is 14.4. The van der Waals surface area contributed by atoms with Crippen molar-refractivity contribution < 1.29 is 20.9 Å². The van der Waals surface area contributed by atoms with E-state index in [4.69, 9.17) is 7.16 Å². The van der Waals surface area contributed by atoms with Crippen molar-refractivity contribution in [2.45, 2.75) is 0 Å². The van der Waals surface area contributed by atoms with E-state index in [0.717, 1.165) is 32.2 Å². The molecule has 0 saturated carbocycles. The number of hydrogen-bond acceptors (Lipinski definition) is 2. The third kappa shape index (κ3) is 5.62. The van der Waals surface area contributed by atoms with E-state index in [1.54, 1.807) is 54.6 Å². The van der Waals surface area contributed by atoms with Crippen LogP contribution < -0.4 is 4.90 Å². The maximum Gasteiger partial charge on any atom is 0.143 e. The second-order valence-corrected chi connectivity index (χ2v) is 12.8. The van der Waals surface area contributed by atoms with Gasteiger partial charge in [0.05, 0.1) is 22.1 Å². The van der Waals surface area contributed by atoms with Crippen LogP contribution in [0.25, 0.3) is 77.2 Å². The average molecular weight is 702 g/mol. The summed E-state index contributed by atoms with van der Waals surface area (Å²) < 4.78 is 120. The van der Waals surface area contributed by atoms with Crippen LogP contribution in [0.1, 0.15) is 16.4 Å². The molecule has 0 aliphatic heterocycles. The number of hydrogen-bond donors (Lipinski definition) is 0. The number of furan rings is 1. The van der Waals surface area contributed by atoms with Gasteiger partial charge in [0.1, 0.15) is 11.2 Å². The van der Waals surface area contributed by atoms with Gasteiger partial charge in [0, 0.05) is 38.7 Å². The summed E-state index contributed by atoms with van der Waals surface area (Å²) in [5, 5.41) is 3.05. The molecule has 0 saturated heterocycles. The molecule has 0 aliphatic rings. The first-order valence-corrected chi connectivity index (χ1v) is 17.5. The van der Waals surface area contributed by atoms with Crippen LogP contribution in [-0.4, -0.2) is 0 Å². The Morgan fingerprint density at radius 1 is 0.352 bits per heavy atom. The van der Waals surface area contributed by atoms with Gasteiger partial charge in [-0.2, -0.15) is 0 Å². The van der Waals surface area contributed by atoms with Gasteiger partial charge in [-0.1, -0.05) is 176 Å². The van der Waals surface area contributed by atoms with Crippen molar-refractivity contribution in [3.8, 4) is 44.5 Å². The minimum Gasteiger partial charge on any atom is -0.455 e. The zero-order chi connectivity index (χ0) is 46.3. The van der Waals surface area contributed by atoms with Gasteiger partial charge in [-0.3, -0.25) is 0 Å². The fourth-order valence-corrected chi connectivity index (χ4v) is 6.92. The average Bonchev–Trinajstić information content (AvgIpc) is 3.74. The largest absolute Gasteiger partial charge is 0.455 e. The van der Waals surface area contributed by atoms with Crippen LogP contribution >= 0.6 is 0 Å². The molecule has 0 atom stereocenters. The first kappa shape index (κ1) is 21.4. The van der Waals surface area contributed by atoms with E-state index in [-0.39, 0.29) is 27.8 Å². The molecular formula is C52H35NO. The summed E-state index contributed by atoms with van der Waals surface area (Å²) in [5.41, 5.74) is 1.63. The van der Waals surface area contributed by atoms with E-state index >= 15 is 0 Å². The van der Waals surface area contributed by atoms with Gasteiger partial charge in [-0.05, 0) is 75.0 Å². The number of nitrogens with zero attached hydrogens (tertiary/aromatic N) is 1. The Hall–Kier alpha value is -7.16. The van der Waals surface area contributed by atoms with Crippen LogP contribution in [0.3, 0.4) is 0 Å². The highest BCUT2D eigenvalue weighted by molar-refractivity contribution is 6.17. The second kappa shape index (κ2) is 13.4. The lowest BCUT2D eigenvalue weighted by molar-refractivity contribution is 0.674. The van der Waals surface area contributed by atoms with Crippen LogP contribution in [0, 0.1) is 0 Å². The lowest BCUT2D eigenvalue weighted by Crippen LogP contribution is -2.11. The Labute approximate surface area is 331 Å². The zero-order valence-electron chi connectivity index (χ0n) is 40.6. The number of para-hydroxylation sites is 2. The molecular weight excluding hydrogens is 655 g/mol.